The van der Waals surface area contributed by atoms with Gasteiger partial charge in [0.25, 0.3) is 5.69 Å². The number of nitrogens with zero attached hydrogens (tertiary/aromatic N) is 1. The van der Waals surface area contributed by atoms with E-state index in [1.807, 2.05) is 121 Å². The monoisotopic (exact) mass is 1380 g/mol. The number of carboxylic acid groups (broad SMARTS) is 3. The maximum absolute atomic E-state index is 11.5. The second-order valence-corrected chi connectivity index (χ2v) is 28.3. The number of non-ortho nitro benzene ring substituents is 1. The highest BCUT2D eigenvalue weighted by atomic mass is 16.6. The number of nitro groups is 1. The van der Waals surface area contributed by atoms with Gasteiger partial charge in [0, 0.05) is 35.8 Å². The summed E-state index contributed by atoms with van der Waals surface area (Å²) in [5, 5.41) is 38.5. The number of hydrogen-bond donors (Lipinski definition) is 3. The van der Waals surface area contributed by atoms with Crippen molar-refractivity contribution in [1.82, 2.24) is 0 Å². The second kappa shape index (κ2) is 35.9. The Morgan fingerprint density at radius 1 is 0.250 bits per heavy atom. The molecular formula is C95H95NO8. The van der Waals surface area contributed by atoms with Crippen LogP contribution in [0, 0.1) is 37.8 Å². The van der Waals surface area contributed by atoms with Gasteiger partial charge in [-0.3, -0.25) is 10.1 Å². The van der Waals surface area contributed by atoms with Crippen molar-refractivity contribution >= 4 is 23.6 Å². The normalized spacial score (nSPS) is 11.1. The fourth-order valence-electron chi connectivity index (χ4n) is 13.6. The molecule has 0 aromatic heterocycles. The molecule has 0 fully saturated rings. The molecule has 0 spiro atoms. The van der Waals surface area contributed by atoms with Gasteiger partial charge in [-0.15, -0.1) is 0 Å². The van der Waals surface area contributed by atoms with E-state index < -0.39 is 17.9 Å². The van der Waals surface area contributed by atoms with Crippen molar-refractivity contribution in [2.45, 2.75) is 130 Å². The molecule has 0 unspecified atom stereocenters. The van der Waals surface area contributed by atoms with Crippen LogP contribution in [0.2, 0.25) is 0 Å². The molecule has 12 aromatic rings. The molecule has 528 valence electrons. The smallest absolute Gasteiger partial charge is 0.335 e. The van der Waals surface area contributed by atoms with Crippen LogP contribution >= 0.6 is 0 Å². The Kier molecular flexibility index (Phi) is 26.4. The maximum atomic E-state index is 11.5. The van der Waals surface area contributed by atoms with Crippen molar-refractivity contribution in [1.29, 1.82) is 0 Å². The van der Waals surface area contributed by atoms with Gasteiger partial charge in [0.1, 0.15) is 0 Å². The third-order valence-corrected chi connectivity index (χ3v) is 18.9. The van der Waals surface area contributed by atoms with Gasteiger partial charge in [0.05, 0.1) is 21.6 Å². The summed E-state index contributed by atoms with van der Waals surface area (Å²) in [5.41, 5.74) is 25.4. The van der Waals surface area contributed by atoms with Gasteiger partial charge in [-0.25, -0.2) is 14.4 Å². The van der Waals surface area contributed by atoms with Crippen LogP contribution in [0.1, 0.15) is 245 Å². The zero-order valence-corrected chi connectivity index (χ0v) is 61.7. The van der Waals surface area contributed by atoms with Gasteiger partial charge in [0.15, 0.2) is 0 Å². The van der Waals surface area contributed by atoms with Crippen LogP contribution in [-0.2, 0) is 0 Å². The van der Waals surface area contributed by atoms with E-state index in [4.69, 9.17) is 5.11 Å². The topological polar surface area (TPSA) is 155 Å². The van der Waals surface area contributed by atoms with E-state index in [0.29, 0.717) is 40.4 Å². The van der Waals surface area contributed by atoms with Gasteiger partial charge < -0.3 is 15.3 Å². The average Bonchev–Trinajstić information content (AvgIpc) is 0.812. The minimum absolute atomic E-state index is 0.0373. The van der Waals surface area contributed by atoms with Crippen molar-refractivity contribution in [3.8, 4) is 0 Å². The Balaban J connectivity index is 0.000000163. The zero-order chi connectivity index (χ0) is 74.7. The Labute approximate surface area is 614 Å². The van der Waals surface area contributed by atoms with E-state index in [1.54, 1.807) is 48.5 Å². The van der Waals surface area contributed by atoms with Crippen LogP contribution in [0.5, 0.6) is 0 Å². The molecule has 12 aromatic carbocycles. The minimum atomic E-state index is -0.900. The van der Waals surface area contributed by atoms with Crippen LogP contribution in [0.3, 0.4) is 0 Å². The summed E-state index contributed by atoms with van der Waals surface area (Å²) in [6.45, 7) is 26.4. The van der Waals surface area contributed by atoms with Crippen LogP contribution in [-0.4, -0.2) is 38.2 Å². The first kappa shape index (κ1) is 76.6. The molecule has 104 heavy (non-hydrogen) atoms. The van der Waals surface area contributed by atoms with Gasteiger partial charge >= 0.3 is 17.9 Å². The summed E-state index contributed by atoms with van der Waals surface area (Å²) < 4.78 is 0. The molecule has 0 aliphatic heterocycles. The number of carboxylic acids is 3. The number of benzene rings is 12. The Morgan fingerprint density at radius 2 is 0.433 bits per heavy atom. The third-order valence-electron chi connectivity index (χ3n) is 18.9. The molecular weight excluding hydrogens is 1280 g/mol. The summed E-state index contributed by atoms with van der Waals surface area (Å²) in [7, 11) is 0. The lowest BCUT2D eigenvalue weighted by Crippen LogP contribution is -2.09. The Morgan fingerprint density at radius 3 is 0.635 bits per heavy atom. The summed E-state index contributed by atoms with van der Waals surface area (Å²) >= 11 is 0. The van der Waals surface area contributed by atoms with Gasteiger partial charge in [-0.2, -0.15) is 0 Å². The zero-order valence-electron chi connectivity index (χ0n) is 61.7. The molecule has 0 aliphatic carbocycles. The molecule has 3 N–H and O–H groups in total. The fraction of sp³-hybridized carbons (Fsp3) is 0.211. The van der Waals surface area contributed by atoms with E-state index >= 15 is 0 Å². The number of aromatic carboxylic acids is 3. The third kappa shape index (κ3) is 20.4. The highest BCUT2D eigenvalue weighted by Crippen LogP contribution is 2.40. The molecule has 0 bridgehead atoms. The van der Waals surface area contributed by atoms with Crippen molar-refractivity contribution in [2.24, 2.45) is 0 Å². The first-order valence-electron chi connectivity index (χ1n) is 35.7. The average molecular weight is 1380 g/mol. The van der Waals surface area contributed by atoms with Gasteiger partial charge in [0.2, 0.25) is 0 Å². The maximum Gasteiger partial charge on any atom is 0.335 e. The molecule has 12 rings (SSSR count). The summed E-state index contributed by atoms with van der Waals surface area (Å²) in [6.07, 6.45) is 0. The molecule has 9 nitrogen and oxygen atoms in total. The summed E-state index contributed by atoms with van der Waals surface area (Å²) in [5.74, 6) is -0.675. The predicted octanol–water partition coefficient (Wildman–Crippen LogP) is 24.2. The van der Waals surface area contributed by atoms with Crippen molar-refractivity contribution < 1.29 is 34.6 Å². The molecule has 9 heteroatoms. The highest BCUT2D eigenvalue weighted by molar-refractivity contribution is 5.88. The van der Waals surface area contributed by atoms with Crippen LogP contribution < -0.4 is 0 Å². The molecule has 0 heterocycles. The predicted molar refractivity (Wildman–Crippen MR) is 424 cm³/mol. The second-order valence-electron chi connectivity index (χ2n) is 28.3. The summed E-state index contributed by atoms with van der Waals surface area (Å²) in [4.78, 5) is 44.2. The van der Waals surface area contributed by atoms with E-state index in [1.165, 1.54) is 89.0 Å². The lowest BCUT2D eigenvalue weighted by molar-refractivity contribution is -0.384. The molecule has 0 saturated carbocycles. The minimum Gasteiger partial charge on any atom is -0.478 e. The van der Waals surface area contributed by atoms with E-state index in [-0.39, 0.29) is 34.3 Å². The number of hydrogen-bond acceptors (Lipinski definition) is 5. The molecule has 0 amide bonds. The Bertz CT molecular complexity index is 4390. The van der Waals surface area contributed by atoms with E-state index in [2.05, 4.69) is 204 Å². The van der Waals surface area contributed by atoms with Gasteiger partial charge in [-0.1, -0.05) is 320 Å². The van der Waals surface area contributed by atoms with Crippen LogP contribution in [0.25, 0.3) is 0 Å². The van der Waals surface area contributed by atoms with E-state index in [0.717, 1.165) is 22.3 Å². The largest absolute Gasteiger partial charge is 0.478 e. The lowest BCUT2D eigenvalue weighted by Gasteiger charge is -2.25. The van der Waals surface area contributed by atoms with Gasteiger partial charge in [-0.05, 0) is 177 Å². The van der Waals surface area contributed by atoms with Crippen molar-refractivity contribution in [3.63, 3.8) is 0 Å². The molecule has 0 saturated heterocycles. The number of nitro benzene ring substituents is 1. The fourth-order valence-corrected chi connectivity index (χ4v) is 13.6. The number of aryl methyl sites for hydroxylation is 4. The number of carbonyl (C=O) groups is 3. The molecule has 0 radical (unpaired) electrons. The quantitative estimate of drug-likeness (QED) is 0.0387. The van der Waals surface area contributed by atoms with E-state index in [9.17, 15) is 34.7 Å². The standard InChI is InChI=1S/C32H40O2.C24H24O2.C20H16O2.C19H15NO2/c1-19(2)25-13-26(20(3)4)16-29(15-25)31(23-9-11-24(12-10-23)32(33)34)30-17-27(21(5)6)14-28(18-30)22(7)8;1-15-9-16(2)12-21(11-15)23(22-13-17(3)10-18(4)14-22)19-5-7-20(8-6-19)24(25)26;2*21-20(22)18-13-11-17(12-14-18)19(15-7-3-1-4-8-15)16-9-5-2-6-10-16/h9-22,31H,1-8H3,(H,33,34);5-14,23H,1-4H3,(H,25,26);1-14,19H,(H,21,22);1-14,19H. The van der Waals surface area contributed by atoms with Crippen LogP contribution in [0.15, 0.2) is 291 Å². The molecule has 0 atom stereocenters. The molecule has 0 aliphatic rings. The summed E-state index contributed by atoms with van der Waals surface area (Å²) in [6, 6.07) is 96.8. The van der Waals surface area contributed by atoms with Crippen molar-refractivity contribution in [2.75, 3.05) is 0 Å². The lowest BCUT2D eigenvalue weighted by atomic mass is 9.79. The van der Waals surface area contributed by atoms with Crippen LogP contribution in [0.4, 0.5) is 5.69 Å². The Hall–Kier alpha value is -11.6. The number of rotatable bonds is 20. The highest BCUT2D eigenvalue weighted by Gasteiger charge is 2.25. The first-order valence-corrected chi connectivity index (χ1v) is 35.7. The SMILES string of the molecule is CC(C)c1cc(C(C)C)cc(C(c2ccc(C(=O)O)cc2)c2cc(C(C)C)cc(C(C)C)c2)c1.Cc1cc(C)cc(C(c2ccc(C(=O)O)cc2)c2cc(C)cc(C)c2)c1.O=C(O)c1ccc(C(c2ccccc2)c2ccccc2)cc1.O=[N+]([O-])c1ccc(C(c2ccccc2)c2ccccc2)cc1. The first-order chi connectivity index (χ1) is 49.8. The van der Waals surface area contributed by atoms with Crippen molar-refractivity contribution in [3.05, 3.63) is 429 Å².